The molecule has 8 heteroatoms. The number of aromatic nitrogens is 4. The molecular weight excluding hydrogens is 364 g/mol. The molecule has 1 aliphatic rings. The van der Waals surface area contributed by atoms with Crippen molar-refractivity contribution in [1.82, 2.24) is 19.9 Å². The van der Waals surface area contributed by atoms with E-state index in [9.17, 15) is 5.26 Å². The lowest BCUT2D eigenvalue weighted by molar-refractivity contribution is 0.417. The zero-order valence-corrected chi connectivity index (χ0v) is 15.5. The number of pyridine rings is 2. The number of halogens is 1. The molecule has 7 nitrogen and oxygen atoms in total. The average Bonchev–Trinajstić information content (AvgIpc) is 2.72. The number of methoxy groups -OCH3 is 1. The van der Waals surface area contributed by atoms with Gasteiger partial charge in [-0.15, -0.1) is 0 Å². The van der Waals surface area contributed by atoms with Crippen LogP contribution in [-0.2, 0) is 0 Å². The van der Waals surface area contributed by atoms with Crippen LogP contribution in [0.3, 0.4) is 0 Å². The summed E-state index contributed by atoms with van der Waals surface area (Å²) < 4.78 is 5.51. The lowest BCUT2D eigenvalue weighted by atomic mass is 9.98. The molecule has 0 aliphatic carbocycles. The lowest BCUT2D eigenvalue weighted by Crippen LogP contribution is -2.34. The molecule has 136 valence electrons. The Morgan fingerprint density at radius 1 is 1.26 bits per heavy atom. The fourth-order valence-electron chi connectivity index (χ4n) is 3.31. The zero-order valence-electron chi connectivity index (χ0n) is 14.8. The molecule has 27 heavy (non-hydrogen) atoms. The minimum absolute atomic E-state index is 0.0939. The minimum atomic E-state index is 0.0939. The van der Waals surface area contributed by atoms with E-state index in [1.807, 2.05) is 6.07 Å². The maximum absolute atomic E-state index is 9.18. The van der Waals surface area contributed by atoms with Crippen LogP contribution in [-0.4, -0.2) is 40.1 Å². The van der Waals surface area contributed by atoms with Crippen molar-refractivity contribution in [1.29, 1.82) is 5.26 Å². The second-order valence-electron chi connectivity index (χ2n) is 6.36. The third-order valence-electron chi connectivity index (χ3n) is 4.73. The largest absolute Gasteiger partial charge is 0.494 e. The number of anilines is 1. The second-order valence-corrected chi connectivity index (χ2v) is 6.75. The van der Waals surface area contributed by atoms with Gasteiger partial charge in [-0.3, -0.25) is 4.98 Å². The van der Waals surface area contributed by atoms with Gasteiger partial charge in [-0.05, 0) is 25.0 Å². The first-order chi connectivity index (χ1) is 13.2. The van der Waals surface area contributed by atoms with E-state index in [0.29, 0.717) is 22.2 Å². The van der Waals surface area contributed by atoms with Gasteiger partial charge in [0, 0.05) is 30.8 Å². The van der Waals surface area contributed by atoms with Crippen LogP contribution in [0.1, 0.15) is 12.8 Å². The number of hydrogen-bond acceptors (Lipinski definition) is 7. The highest BCUT2D eigenvalue weighted by Crippen LogP contribution is 2.35. The predicted molar refractivity (Wildman–Crippen MR) is 103 cm³/mol. The Bertz CT molecular complexity index is 1030. The molecule has 4 rings (SSSR count). The van der Waals surface area contributed by atoms with Gasteiger partial charge in [0.05, 0.1) is 36.5 Å². The van der Waals surface area contributed by atoms with E-state index >= 15 is 0 Å². The van der Waals surface area contributed by atoms with Gasteiger partial charge in [0.2, 0.25) is 0 Å². The number of nitrogens with zero attached hydrogens (tertiary/aromatic N) is 6. The molecule has 0 saturated carbocycles. The van der Waals surface area contributed by atoms with Crippen molar-refractivity contribution in [3.05, 3.63) is 35.9 Å². The van der Waals surface area contributed by atoms with E-state index in [4.69, 9.17) is 21.3 Å². The monoisotopic (exact) mass is 380 g/mol. The van der Waals surface area contributed by atoms with Crippen LogP contribution >= 0.6 is 11.6 Å². The Morgan fingerprint density at radius 3 is 2.78 bits per heavy atom. The lowest BCUT2D eigenvalue weighted by Gasteiger charge is -2.31. The number of piperidine rings is 1. The molecule has 1 saturated heterocycles. The minimum Gasteiger partial charge on any atom is -0.494 e. The number of fused-ring (bicyclic) bond motifs is 1. The molecule has 1 fully saturated rings. The number of hydrogen-bond donors (Lipinski definition) is 0. The van der Waals surface area contributed by atoms with Gasteiger partial charge in [0.15, 0.2) is 5.82 Å². The number of ether oxygens (including phenoxy) is 1. The molecule has 0 spiro atoms. The van der Waals surface area contributed by atoms with Crippen molar-refractivity contribution in [3.63, 3.8) is 0 Å². The van der Waals surface area contributed by atoms with Crippen LogP contribution in [0.5, 0.6) is 5.75 Å². The van der Waals surface area contributed by atoms with Crippen molar-refractivity contribution in [2.45, 2.75) is 12.8 Å². The van der Waals surface area contributed by atoms with E-state index in [2.05, 4.69) is 25.9 Å². The Hall–Kier alpha value is -2.98. The fraction of sp³-hybridized carbons (Fsp3) is 0.316. The molecule has 0 bridgehead atoms. The highest BCUT2D eigenvalue weighted by Gasteiger charge is 2.24. The van der Waals surface area contributed by atoms with E-state index < -0.39 is 0 Å². The number of nitriles is 1. The Morgan fingerprint density at radius 2 is 2.07 bits per heavy atom. The maximum Gasteiger partial charge on any atom is 0.162 e. The summed E-state index contributed by atoms with van der Waals surface area (Å²) in [4.78, 5) is 19.9. The highest BCUT2D eigenvalue weighted by molar-refractivity contribution is 6.29. The van der Waals surface area contributed by atoms with E-state index in [1.54, 1.807) is 31.8 Å². The van der Waals surface area contributed by atoms with Crippen LogP contribution in [0.2, 0.25) is 5.15 Å². The highest BCUT2D eigenvalue weighted by atomic mass is 35.5. The van der Waals surface area contributed by atoms with Crippen LogP contribution in [0.25, 0.3) is 22.3 Å². The quantitative estimate of drug-likeness (QED) is 0.642. The van der Waals surface area contributed by atoms with Crippen LogP contribution in [0.15, 0.2) is 30.7 Å². The fourth-order valence-corrected chi connectivity index (χ4v) is 3.48. The predicted octanol–water partition coefficient (Wildman–Crippen LogP) is 3.49. The Balaban J connectivity index is 1.88. The first-order valence-electron chi connectivity index (χ1n) is 8.66. The van der Waals surface area contributed by atoms with Crippen molar-refractivity contribution in [2.75, 3.05) is 25.1 Å². The van der Waals surface area contributed by atoms with Crippen LogP contribution in [0, 0.1) is 17.2 Å². The number of rotatable bonds is 3. The van der Waals surface area contributed by atoms with Gasteiger partial charge in [-0.1, -0.05) is 11.6 Å². The third kappa shape index (κ3) is 3.36. The van der Waals surface area contributed by atoms with Crippen molar-refractivity contribution >= 4 is 28.3 Å². The summed E-state index contributed by atoms with van der Waals surface area (Å²) in [5, 5.41) is 10.4. The molecule has 0 aromatic carbocycles. The van der Waals surface area contributed by atoms with Crippen LogP contribution < -0.4 is 9.64 Å². The smallest absolute Gasteiger partial charge is 0.162 e. The summed E-state index contributed by atoms with van der Waals surface area (Å²) >= 11 is 6.04. The summed E-state index contributed by atoms with van der Waals surface area (Å²) in [6.45, 7) is 1.51. The molecule has 0 atom stereocenters. The molecule has 0 unspecified atom stereocenters. The molecule has 0 amide bonds. The SMILES string of the molecule is COc1cncc2nc(-c3ccnc(Cl)c3)nc(N3CCC(C#N)CC3)c12. The first kappa shape index (κ1) is 17.4. The van der Waals surface area contributed by atoms with Gasteiger partial charge in [0.1, 0.15) is 16.7 Å². The molecule has 3 aromatic heterocycles. The van der Waals surface area contributed by atoms with Gasteiger partial charge >= 0.3 is 0 Å². The maximum atomic E-state index is 9.18. The van der Waals surface area contributed by atoms with Crippen molar-refractivity contribution in [3.8, 4) is 23.2 Å². The van der Waals surface area contributed by atoms with Crippen LogP contribution in [0.4, 0.5) is 5.82 Å². The first-order valence-corrected chi connectivity index (χ1v) is 9.03. The normalized spacial score (nSPS) is 14.9. The Labute approximate surface area is 161 Å². The summed E-state index contributed by atoms with van der Waals surface area (Å²) in [7, 11) is 1.61. The standard InChI is InChI=1S/C19H17ClN6O/c1-27-15-11-22-10-14-17(15)19(26-6-3-12(9-21)4-7-26)25-18(24-14)13-2-5-23-16(20)8-13/h2,5,8,10-12H,3-4,6-7H2,1H3. The zero-order chi connectivity index (χ0) is 18.8. The molecule has 0 radical (unpaired) electrons. The second kappa shape index (κ2) is 7.33. The van der Waals surface area contributed by atoms with E-state index in [0.717, 1.165) is 42.7 Å². The van der Waals surface area contributed by atoms with Crippen molar-refractivity contribution < 1.29 is 4.74 Å². The summed E-state index contributed by atoms with van der Waals surface area (Å²) in [5.41, 5.74) is 1.48. The Kier molecular flexibility index (Phi) is 4.73. The molecule has 3 aromatic rings. The average molecular weight is 381 g/mol. The summed E-state index contributed by atoms with van der Waals surface area (Å²) in [6.07, 6.45) is 6.63. The molecule has 0 N–H and O–H groups in total. The third-order valence-corrected chi connectivity index (χ3v) is 4.94. The van der Waals surface area contributed by atoms with Gasteiger partial charge in [-0.2, -0.15) is 5.26 Å². The van der Waals surface area contributed by atoms with Gasteiger partial charge in [-0.25, -0.2) is 15.0 Å². The topological polar surface area (TPSA) is 87.8 Å². The molecule has 1 aliphatic heterocycles. The van der Waals surface area contributed by atoms with Crippen molar-refractivity contribution in [2.24, 2.45) is 5.92 Å². The summed E-state index contributed by atoms with van der Waals surface area (Å²) in [5.74, 6) is 2.07. The van der Waals surface area contributed by atoms with E-state index in [-0.39, 0.29) is 5.92 Å². The summed E-state index contributed by atoms with van der Waals surface area (Å²) in [6, 6.07) is 5.93. The van der Waals surface area contributed by atoms with E-state index in [1.165, 1.54) is 0 Å². The molecule has 4 heterocycles. The van der Waals surface area contributed by atoms with Gasteiger partial charge in [0.25, 0.3) is 0 Å². The molecular formula is C19H17ClN6O. The van der Waals surface area contributed by atoms with Gasteiger partial charge < -0.3 is 9.64 Å².